The third kappa shape index (κ3) is 2.38. The van der Waals surface area contributed by atoms with E-state index >= 15 is 0 Å². The first-order chi connectivity index (χ1) is 9.22. The Morgan fingerprint density at radius 2 is 2.16 bits per heavy atom. The summed E-state index contributed by atoms with van der Waals surface area (Å²) >= 11 is 5.88. The van der Waals surface area contributed by atoms with Gasteiger partial charge in [-0.3, -0.25) is 15.1 Å². The average molecular weight is 274 g/mol. The highest BCUT2D eigenvalue weighted by Gasteiger charge is 2.09. The number of amides is 1. The molecule has 0 aliphatic heterocycles. The second-order valence-corrected chi connectivity index (χ2v) is 4.29. The number of hydrogen-bond donors (Lipinski definition) is 2. The van der Waals surface area contributed by atoms with Crippen LogP contribution in [0, 0.1) is 0 Å². The Labute approximate surface area is 112 Å². The Balaban J connectivity index is 1.92. The molecule has 3 aromatic rings. The maximum absolute atomic E-state index is 12.0. The number of pyridine rings is 1. The van der Waals surface area contributed by atoms with E-state index in [4.69, 9.17) is 11.6 Å². The second-order valence-electron chi connectivity index (χ2n) is 3.85. The Bertz CT molecular complexity index is 741. The number of carbonyl (C=O) groups excluding carboxylic acids is 1. The van der Waals surface area contributed by atoms with E-state index in [9.17, 15) is 4.79 Å². The predicted molar refractivity (Wildman–Crippen MR) is 71.1 cm³/mol. The number of nitrogens with zero attached hydrogens (tertiary/aromatic N) is 3. The van der Waals surface area contributed by atoms with Crippen LogP contribution in [0.15, 0.2) is 36.8 Å². The lowest BCUT2D eigenvalue weighted by molar-refractivity contribution is 0.102. The van der Waals surface area contributed by atoms with Gasteiger partial charge in [0.15, 0.2) is 0 Å². The Kier molecular flexibility index (Phi) is 2.85. The molecule has 0 atom stereocenters. The molecule has 0 aliphatic carbocycles. The molecular weight excluding hydrogens is 266 g/mol. The van der Waals surface area contributed by atoms with Crippen molar-refractivity contribution in [2.24, 2.45) is 0 Å². The molecule has 19 heavy (non-hydrogen) atoms. The minimum absolute atomic E-state index is 0.293. The summed E-state index contributed by atoms with van der Waals surface area (Å²) in [4.78, 5) is 20.0. The number of nitrogens with one attached hydrogen (secondary N) is 2. The van der Waals surface area contributed by atoms with E-state index in [1.54, 1.807) is 18.2 Å². The Hall–Kier alpha value is -2.47. The van der Waals surface area contributed by atoms with Crippen molar-refractivity contribution in [1.29, 1.82) is 0 Å². The molecule has 0 spiro atoms. The SMILES string of the molecule is O=C(Nc1ncn[nH]1)c1cnc2cc(Cl)ccc2c1. The minimum Gasteiger partial charge on any atom is -0.291 e. The predicted octanol–water partition coefficient (Wildman–Crippen LogP) is 2.26. The first-order valence-electron chi connectivity index (χ1n) is 5.44. The molecule has 7 heteroatoms. The Morgan fingerprint density at radius 3 is 2.95 bits per heavy atom. The molecule has 2 N–H and O–H groups in total. The van der Waals surface area contributed by atoms with Gasteiger partial charge < -0.3 is 0 Å². The van der Waals surface area contributed by atoms with Crippen LogP contribution < -0.4 is 5.32 Å². The maximum atomic E-state index is 12.0. The molecule has 0 aliphatic rings. The number of fused-ring (bicyclic) bond motifs is 1. The average Bonchev–Trinajstić information content (AvgIpc) is 2.91. The minimum atomic E-state index is -0.305. The van der Waals surface area contributed by atoms with E-state index in [1.807, 2.05) is 6.07 Å². The standard InChI is InChI=1S/C12H8ClN5O/c13-9-2-1-7-3-8(5-14-10(7)4-9)11(19)17-12-15-6-16-18-12/h1-6H,(H2,15,16,17,18,19). The van der Waals surface area contributed by atoms with E-state index in [0.717, 1.165) is 10.9 Å². The number of aromatic nitrogens is 4. The number of benzene rings is 1. The molecule has 0 bridgehead atoms. The van der Waals surface area contributed by atoms with E-state index in [2.05, 4.69) is 25.5 Å². The molecule has 0 fully saturated rings. The lowest BCUT2D eigenvalue weighted by atomic mass is 10.1. The summed E-state index contributed by atoms with van der Waals surface area (Å²) in [5.41, 5.74) is 1.18. The van der Waals surface area contributed by atoms with Crippen LogP contribution in [0.25, 0.3) is 10.9 Å². The van der Waals surface area contributed by atoms with Crippen molar-refractivity contribution in [3.8, 4) is 0 Å². The third-order valence-corrected chi connectivity index (χ3v) is 2.79. The number of rotatable bonds is 2. The van der Waals surface area contributed by atoms with Crippen LogP contribution in [-0.2, 0) is 0 Å². The van der Waals surface area contributed by atoms with Gasteiger partial charge in [0.2, 0.25) is 5.95 Å². The van der Waals surface area contributed by atoms with Crippen molar-refractivity contribution < 1.29 is 4.79 Å². The van der Waals surface area contributed by atoms with Crippen molar-refractivity contribution in [3.63, 3.8) is 0 Å². The monoisotopic (exact) mass is 273 g/mol. The maximum Gasteiger partial charge on any atom is 0.259 e. The van der Waals surface area contributed by atoms with Gasteiger partial charge in [-0.25, -0.2) is 5.10 Å². The number of carbonyl (C=O) groups is 1. The van der Waals surface area contributed by atoms with Crippen LogP contribution in [0.4, 0.5) is 5.95 Å². The molecule has 94 valence electrons. The number of halogens is 1. The highest BCUT2D eigenvalue weighted by atomic mass is 35.5. The molecule has 2 heterocycles. The highest BCUT2D eigenvalue weighted by molar-refractivity contribution is 6.31. The number of hydrogen-bond acceptors (Lipinski definition) is 4. The smallest absolute Gasteiger partial charge is 0.259 e. The highest BCUT2D eigenvalue weighted by Crippen LogP contribution is 2.18. The van der Waals surface area contributed by atoms with Crippen molar-refractivity contribution >= 4 is 34.4 Å². The van der Waals surface area contributed by atoms with Crippen LogP contribution in [0.2, 0.25) is 5.02 Å². The van der Waals surface area contributed by atoms with Crippen molar-refractivity contribution in [3.05, 3.63) is 47.4 Å². The fourth-order valence-electron chi connectivity index (χ4n) is 1.66. The van der Waals surface area contributed by atoms with Crippen LogP contribution >= 0.6 is 11.6 Å². The molecule has 0 unspecified atom stereocenters. The molecule has 2 aromatic heterocycles. The summed E-state index contributed by atoms with van der Waals surface area (Å²) in [5.74, 6) is -0.0118. The zero-order valence-corrected chi connectivity index (χ0v) is 10.3. The second kappa shape index (κ2) is 4.66. The quantitative estimate of drug-likeness (QED) is 0.750. The molecule has 6 nitrogen and oxygen atoms in total. The van der Waals surface area contributed by atoms with Crippen LogP contribution in [-0.4, -0.2) is 26.1 Å². The Morgan fingerprint density at radius 1 is 1.26 bits per heavy atom. The number of aromatic amines is 1. The fraction of sp³-hybridized carbons (Fsp3) is 0. The first kappa shape index (κ1) is 11.6. The van der Waals surface area contributed by atoms with Crippen molar-refractivity contribution in [2.45, 2.75) is 0 Å². The van der Waals surface area contributed by atoms with Gasteiger partial charge in [-0.1, -0.05) is 17.7 Å². The molecule has 0 radical (unpaired) electrons. The zero-order chi connectivity index (χ0) is 13.2. The van der Waals surface area contributed by atoms with E-state index in [-0.39, 0.29) is 5.91 Å². The van der Waals surface area contributed by atoms with Gasteiger partial charge in [-0.15, -0.1) is 0 Å². The van der Waals surface area contributed by atoms with Gasteiger partial charge in [0.25, 0.3) is 5.91 Å². The molecule has 0 saturated carbocycles. The van der Waals surface area contributed by atoms with Crippen LogP contribution in [0.3, 0.4) is 0 Å². The zero-order valence-electron chi connectivity index (χ0n) is 9.59. The summed E-state index contributed by atoms with van der Waals surface area (Å²) in [5, 5.41) is 10.2. The summed E-state index contributed by atoms with van der Waals surface area (Å²) in [6, 6.07) is 7.05. The molecular formula is C12H8ClN5O. The normalized spacial score (nSPS) is 10.6. The largest absolute Gasteiger partial charge is 0.291 e. The number of anilines is 1. The number of H-pyrrole nitrogens is 1. The van der Waals surface area contributed by atoms with E-state index in [0.29, 0.717) is 16.5 Å². The fourth-order valence-corrected chi connectivity index (χ4v) is 1.83. The van der Waals surface area contributed by atoms with Gasteiger partial charge in [0, 0.05) is 16.6 Å². The lowest BCUT2D eigenvalue weighted by Gasteiger charge is -2.03. The summed E-state index contributed by atoms with van der Waals surface area (Å²) in [6.07, 6.45) is 2.81. The third-order valence-electron chi connectivity index (χ3n) is 2.56. The summed E-state index contributed by atoms with van der Waals surface area (Å²) < 4.78 is 0. The first-order valence-corrected chi connectivity index (χ1v) is 5.82. The molecule has 0 saturated heterocycles. The van der Waals surface area contributed by atoms with E-state index in [1.165, 1.54) is 12.5 Å². The van der Waals surface area contributed by atoms with Gasteiger partial charge >= 0.3 is 0 Å². The summed E-state index contributed by atoms with van der Waals surface area (Å²) in [6.45, 7) is 0. The lowest BCUT2D eigenvalue weighted by Crippen LogP contribution is -2.13. The van der Waals surface area contributed by atoms with Crippen molar-refractivity contribution in [2.75, 3.05) is 5.32 Å². The van der Waals surface area contributed by atoms with Crippen LogP contribution in [0.1, 0.15) is 10.4 Å². The van der Waals surface area contributed by atoms with Gasteiger partial charge in [-0.05, 0) is 18.2 Å². The van der Waals surface area contributed by atoms with Crippen LogP contribution in [0.5, 0.6) is 0 Å². The topological polar surface area (TPSA) is 83.6 Å². The molecule has 1 aromatic carbocycles. The molecule has 3 rings (SSSR count). The van der Waals surface area contributed by atoms with Gasteiger partial charge in [-0.2, -0.15) is 10.1 Å². The molecule has 1 amide bonds. The van der Waals surface area contributed by atoms with Crippen molar-refractivity contribution in [1.82, 2.24) is 20.2 Å². The van der Waals surface area contributed by atoms with Gasteiger partial charge in [0.1, 0.15) is 6.33 Å². The van der Waals surface area contributed by atoms with E-state index < -0.39 is 0 Å². The summed E-state index contributed by atoms with van der Waals surface area (Å²) in [7, 11) is 0. The van der Waals surface area contributed by atoms with Gasteiger partial charge in [0.05, 0.1) is 11.1 Å².